The molecule has 0 aliphatic rings. The molecule has 0 bridgehead atoms. The number of carbonyl (C=O) groups is 2. The summed E-state index contributed by atoms with van der Waals surface area (Å²) < 4.78 is 4.90. The predicted molar refractivity (Wildman–Crippen MR) is 53.3 cm³/mol. The second-order valence-corrected chi connectivity index (χ2v) is 2.56. The molecule has 6 nitrogen and oxygen atoms in total. The van der Waals surface area contributed by atoms with E-state index < -0.39 is 11.9 Å². The molecule has 0 fully saturated rings. The number of hydrogen-bond acceptors (Lipinski definition) is 4. The smallest absolute Gasteiger partial charge is 0.326 e. The van der Waals surface area contributed by atoms with Crippen molar-refractivity contribution < 1.29 is 14.3 Å². The molecular formula is C9H10N3O3. The van der Waals surface area contributed by atoms with Crippen molar-refractivity contribution in [1.29, 1.82) is 0 Å². The fourth-order valence-corrected chi connectivity index (χ4v) is 0.929. The van der Waals surface area contributed by atoms with Gasteiger partial charge in [-0.2, -0.15) is 0 Å². The predicted octanol–water partition coefficient (Wildman–Crippen LogP) is 0.572. The lowest BCUT2D eigenvalue weighted by molar-refractivity contribution is -0.115. The summed E-state index contributed by atoms with van der Waals surface area (Å²) in [6.07, 6.45) is 1.52. The SMILES string of the molecule is [CH2]C(=O)NC(=O)Nc1cccnc1OC. The maximum absolute atomic E-state index is 11.1. The summed E-state index contributed by atoms with van der Waals surface area (Å²) >= 11 is 0. The van der Waals surface area contributed by atoms with Crippen LogP contribution in [0.5, 0.6) is 5.88 Å². The van der Waals surface area contributed by atoms with Crippen LogP contribution in [0, 0.1) is 6.92 Å². The maximum Gasteiger partial charge on any atom is 0.326 e. The quantitative estimate of drug-likeness (QED) is 0.744. The number of carbonyl (C=O) groups excluding carboxylic acids is 2. The molecule has 1 heterocycles. The molecule has 79 valence electrons. The highest BCUT2D eigenvalue weighted by Gasteiger charge is 2.08. The molecule has 2 N–H and O–H groups in total. The molecule has 0 atom stereocenters. The number of aromatic nitrogens is 1. The first kappa shape index (κ1) is 11.0. The number of hydrogen-bond donors (Lipinski definition) is 2. The first-order chi connectivity index (χ1) is 7.13. The van der Waals surface area contributed by atoms with Gasteiger partial charge in [0.1, 0.15) is 5.69 Å². The third kappa shape index (κ3) is 3.26. The summed E-state index contributed by atoms with van der Waals surface area (Å²) in [5, 5.41) is 4.35. The molecule has 1 radical (unpaired) electrons. The number of rotatable bonds is 2. The molecule has 0 saturated heterocycles. The molecular weight excluding hydrogens is 198 g/mol. The van der Waals surface area contributed by atoms with Crippen LogP contribution in [0.2, 0.25) is 0 Å². The highest BCUT2D eigenvalue weighted by molar-refractivity contribution is 6.02. The Morgan fingerprint density at radius 2 is 2.27 bits per heavy atom. The Bertz CT molecular complexity index is 379. The van der Waals surface area contributed by atoms with Gasteiger partial charge in [-0.15, -0.1) is 0 Å². The van der Waals surface area contributed by atoms with Crippen LogP contribution in [-0.2, 0) is 4.79 Å². The van der Waals surface area contributed by atoms with Gasteiger partial charge in [0.25, 0.3) is 0 Å². The standard InChI is InChI=1S/C9H10N3O3/c1-6(13)11-9(14)12-7-4-3-5-10-8(7)15-2/h3-5H,1H2,2H3,(H2,11,12,13,14). The van der Waals surface area contributed by atoms with Gasteiger partial charge in [0.2, 0.25) is 11.8 Å². The van der Waals surface area contributed by atoms with Crippen LogP contribution in [0.25, 0.3) is 0 Å². The molecule has 0 aliphatic heterocycles. The monoisotopic (exact) mass is 208 g/mol. The number of amides is 3. The Morgan fingerprint density at radius 1 is 1.53 bits per heavy atom. The number of nitrogens with one attached hydrogen (secondary N) is 2. The zero-order valence-corrected chi connectivity index (χ0v) is 8.11. The van der Waals surface area contributed by atoms with E-state index in [9.17, 15) is 9.59 Å². The number of methoxy groups -OCH3 is 1. The minimum absolute atomic E-state index is 0.268. The molecule has 1 aromatic heterocycles. The van der Waals surface area contributed by atoms with E-state index >= 15 is 0 Å². The lowest BCUT2D eigenvalue weighted by atomic mass is 10.4. The van der Waals surface area contributed by atoms with E-state index in [1.54, 1.807) is 12.1 Å². The number of urea groups is 1. The summed E-state index contributed by atoms with van der Waals surface area (Å²) in [6.45, 7) is 3.00. The maximum atomic E-state index is 11.1. The lowest BCUT2D eigenvalue weighted by Gasteiger charge is -2.07. The molecule has 0 aromatic carbocycles. The van der Waals surface area contributed by atoms with Crippen molar-refractivity contribution in [2.24, 2.45) is 0 Å². The highest BCUT2D eigenvalue weighted by atomic mass is 16.5. The van der Waals surface area contributed by atoms with Gasteiger partial charge in [0.15, 0.2) is 0 Å². The van der Waals surface area contributed by atoms with E-state index in [-0.39, 0.29) is 5.88 Å². The van der Waals surface area contributed by atoms with Gasteiger partial charge in [0.05, 0.1) is 7.11 Å². The van der Waals surface area contributed by atoms with Crippen LogP contribution in [0.15, 0.2) is 18.3 Å². The summed E-state index contributed by atoms with van der Waals surface area (Å²) in [5.74, 6) is -0.417. The van der Waals surface area contributed by atoms with Gasteiger partial charge in [-0.1, -0.05) is 0 Å². The largest absolute Gasteiger partial charge is 0.480 e. The van der Waals surface area contributed by atoms with Crippen LogP contribution in [0.1, 0.15) is 0 Å². The minimum atomic E-state index is -0.685. The zero-order chi connectivity index (χ0) is 11.3. The normalized spacial score (nSPS) is 9.20. The van der Waals surface area contributed by atoms with Gasteiger partial charge in [-0.3, -0.25) is 10.1 Å². The molecule has 6 heteroatoms. The van der Waals surface area contributed by atoms with E-state index in [0.717, 1.165) is 0 Å². The van der Waals surface area contributed by atoms with Crippen molar-refractivity contribution in [1.82, 2.24) is 10.3 Å². The highest BCUT2D eigenvalue weighted by Crippen LogP contribution is 2.19. The molecule has 1 rings (SSSR count). The van der Waals surface area contributed by atoms with Crippen molar-refractivity contribution in [3.05, 3.63) is 25.3 Å². The Balaban J connectivity index is 2.71. The topological polar surface area (TPSA) is 80.3 Å². The number of anilines is 1. The van der Waals surface area contributed by atoms with Crippen LogP contribution < -0.4 is 15.4 Å². The molecule has 1 aromatic rings. The van der Waals surface area contributed by atoms with E-state index in [1.165, 1.54) is 13.3 Å². The van der Waals surface area contributed by atoms with Crippen LogP contribution in [0.4, 0.5) is 10.5 Å². The molecule has 0 spiro atoms. The summed E-state index contributed by atoms with van der Waals surface area (Å²) in [6, 6.07) is 2.55. The zero-order valence-electron chi connectivity index (χ0n) is 8.11. The van der Waals surface area contributed by atoms with Crippen LogP contribution in [0.3, 0.4) is 0 Å². The average Bonchev–Trinajstić information content (AvgIpc) is 2.17. The van der Waals surface area contributed by atoms with Crippen molar-refractivity contribution >= 4 is 17.6 Å². The lowest BCUT2D eigenvalue weighted by Crippen LogP contribution is -2.32. The Labute approximate surface area is 86.6 Å². The molecule has 0 unspecified atom stereocenters. The Hall–Kier alpha value is -2.11. The third-order valence-electron chi connectivity index (χ3n) is 1.47. The first-order valence-electron chi connectivity index (χ1n) is 4.06. The van der Waals surface area contributed by atoms with Gasteiger partial charge < -0.3 is 10.1 Å². The molecule has 0 aliphatic carbocycles. The second kappa shape index (κ2) is 4.94. The summed E-state index contributed by atoms with van der Waals surface area (Å²) in [4.78, 5) is 25.5. The van der Waals surface area contributed by atoms with E-state index in [1.807, 2.05) is 5.32 Å². The van der Waals surface area contributed by atoms with Crippen LogP contribution in [-0.4, -0.2) is 24.0 Å². The second-order valence-electron chi connectivity index (χ2n) is 2.56. The first-order valence-corrected chi connectivity index (χ1v) is 4.06. The summed E-state index contributed by atoms with van der Waals surface area (Å²) in [5.41, 5.74) is 0.374. The minimum Gasteiger partial charge on any atom is -0.480 e. The van der Waals surface area contributed by atoms with Crippen molar-refractivity contribution in [3.8, 4) is 5.88 Å². The molecule has 15 heavy (non-hydrogen) atoms. The average molecular weight is 208 g/mol. The van der Waals surface area contributed by atoms with Crippen molar-refractivity contribution in [2.75, 3.05) is 12.4 Å². The van der Waals surface area contributed by atoms with E-state index in [0.29, 0.717) is 5.69 Å². The van der Waals surface area contributed by atoms with Crippen molar-refractivity contribution in [2.45, 2.75) is 0 Å². The Morgan fingerprint density at radius 3 is 2.87 bits per heavy atom. The van der Waals surface area contributed by atoms with E-state index in [2.05, 4.69) is 17.2 Å². The van der Waals surface area contributed by atoms with Gasteiger partial charge in [-0.25, -0.2) is 9.78 Å². The summed E-state index contributed by atoms with van der Waals surface area (Å²) in [7, 11) is 1.43. The van der Waals surface area contributed by atoms with Gasteiger partial charge in [-0.05, 0) is 12.1 Å². The van der Waals surface area contributed by atoms with Gasteiger partial charge >= 0.3 is 6.03 Å². The van der Waals surface area contributed by atoms with Crippen LogP contribution >= 0.6 is 0 Å². The Kier molecular flexibility index (Phi) is 3.61. The van der Waals surface area contributed by atoms with Crippen molar-refractivity contribution in [3.63, 3.8) is 0 Å². The number of imide groups is 1. The van der Waals surface area contributed by atoms with E-state index in [4.69, 9.17) is 4.74 Å². The molecule has 3 amide bonds. The third-order valence-corrected chi connectivity index (χ3v) is 1.47. The number of ether oxygens (including phenoxy) is 1. The number of pyridine rings is 1. The molecule has 0 saturated carbocycles. The fourth-order valence-electron chi connectivity index (χ4n) is 0.929. The van der Waals surface area contributed by atoms with Gasteiger partial charge in [0, 0.05) is 13.1 Å². The fraction of sp³-hybridized carbons (Fsp3) is 0.111. The number of nitrogens with zero attached hydrogens (tertiary/aromatic N) is 1.